The number of nitrogens with one attached hydrogen (secondary N) is 1. The second-order valence-corrected chi connectivity index (χ2v) is 8.44. The van der Waals surface area contributed by atoms with E-state index in [1.807, 2.05) is 0 Å². The van der Waals surface area contributed by atoms with E-state index in [1.165, 1.54) is 27.2 Å². The van der Waals surface area contributed by atoms with E-state index in [0.29, 0.717) is 27.8 Å². The maximum Gasteiger partial charge on any atom is 0.248 e. The van der Waals surface area contributed by atoms with E-state index in [0.717, 1.165) is 10.6 Å². The number of anilines is 2. The third-order valence-electron chi connectivity index (χ3n) is 4.24. The van der Waals surface area contributed by atoms with Crippen LogP contribution < -0.4 is 19.1 Å². The zero-order chi connectivity index (χ0) is 21.1. The molecule has 152 valence electrons. The highest BCUT2D eigenvalue weighted by Crippen LogP contribution is 2.33. The Balaban J connectivity index is 2.40. The van der Waals surface area contributed by atoms with Crippen LogP contribution in [0.15, 0.2) is 36.4 Å². The van der Waals surface area contributed by atoms with E-state index in [1.54, 1.807) is 37.3 Å². The summed E-state index contributed by atoms with van der Waals surface area (Å²) in [5.74, 6) is 0.309. The predicted octanol–water partition coefficient (Wildman–Crippen LogP) is 3.46. The first-order valence-electron chi connectivity index (χ1n) is 8.37. The molecular weight excluding hydrogens is 404 g/mol. The van der Waals surface area contributed by atoms with Crippen LogP contribution in [0.1, 0.15) is 12.5 Å². The average molecular weight is 427 g/mol. The summed E-state index contributed by atoms with van der Waals surface area (Å²) >= 11 is 6.09. The van der Waals surface area contributed by atoms with Crippen molar-refractivity contribution >= 4 is 38.9 Å². The minimum absolute atomic E-state index is 0.283. The molecule has 0 saturated carbocycles. The molecule has 0 saturated heterocycles. The summed E-state index contributed by atoms with van der Waals surface area (Å²) in [7, 11) is -0.837. The van der Waals surface area contributed by atoms with Crippen LogP contribution >= 0.6 is 11.6 Å². The Labute approximate surface area is 170 Å². The summed E-state index contributed by atoms with van der Waals surface area (Å²) in [5, 5.41) is 3.24. The lowest BCUT2D eigenvalue weighted by Gasteiger charge is -2.29. The molecule has 2 aromatic rings. The van der Waals surface area contributed by atoms with E-state index in [-0.39, 0.29) is 5.69 Å². The third kappa shape index (κ3) is 4.69. The highest BCUT2D eigenvalue weighted by Gasteiger charge is 2.30. The lowest BCUT2D eigenvalue weighted by atomic mass is 10.2. The molecule has 2 aromatic carbocycles. The van der Waals surface area contributed by atoms with Crippen LogP contribution in [-0.4, -0.2) is 40.8 Å². The van der Waals surface area contributed by atoms with E-state index in [2.05, 4.69) is 5.32 Å². The lowest BCUT2D eigenvalue weighted by Crippen LogP contribution is -2.45. The maximum absolute atomic E-state index is 12.8. The zero-order valence-electron chi connectivity index (χ0n) is 16.3. The minimum Gasteiger partial charge on any atom is -0.493 e. The van der Waals surface area contributed by atoms with Crippen molar-refractivity contribution in [1.82, 2.24) is 0 Å². The first-order chi connectivity index (χ1) is 13.1. The van der Waals surface area contributed by atoms with Crippen LogP contribution in [0.4, 0.5) is 11.4 Å². The van der Waals surface area contributed by atoms with Gasteiger partial charge in [-0.1, -0.05) is 17.7 Å². The van der Waals surface area contributed by atoms with Gasteiger partial charge in [0.1, 0.15) is 6.04 Å². The molecule has 1 amide bonds. The van der Waals surface area contributed by atoms with Crippen molar-refractivity contribution < 1.29 is 22.7 Å². The summed E-state index contributed by atoms with van der Waals surface area (Å²) in [6, 6.07) is 8.74. The quantitative estimate of drug-likeness (QED) is 0.732. The van der Waals surface area contributed by atoms with Crippen LogP contribution in [-0.2, 0) is 14.8 Å². The number of ether oxygens (including phenoxy) is 2. The lowest BCUT2D eigenvalue weighted by molar-refractivity contribution is -0.116. The van der Waals surface area contributed by atoms with Crippen molar-refractivity contribution in [2.24, 2.45) is 0 Å². The Morgan fingerprint density at radius 1 is 1.14 bits per heavy atom. The van der Waals surface area contributed by atoms with E-state index >= 15 is 0 Å². The van der Waals surface area contributed by atoms with Gasteiger partial charge in [0.25, 0.3) is 0 Å². The van der Waals surface area contributed by atoms with Crippen LogP contribution in [0, 0.1) is 6.92 Å². The number of amides is 1. The largest absolute Gasteiger partial charge is 0.493 e. The van der Waals surface area contributed by atoms with Gasteiger partial charge in [-0.25, -0.2) is 8.42 Å². The number of benzene rings is 2. The van der Waals surface area contributed by atoms with Gasteiger partial charge in [0, 0.05) is 16.8 Å². The molecule has 0 aliphatic heterocycles. The van der Waals surface area contributed by atoms with Crippen LogP contribution in [0.2, 0.25) is 5.02 Å². The summed E-state index contributed by atoms with van der Waals surface area (Å²) < 4.78 is 36.4. The van der Waals surface area contributed by atoms with Gasteiger partial charge in [0.2, 0.25) is 15.9 Å². The topological polar surface area (TPSA) is 84.9 Å². The molecular formula is C19H23ClN2O5S. The van der Waals surface area contributed by atoms with Gasteiger partial charge in [-0.3, -0.25) is 9.10 Å². The second kappa shape index (κ2) is 8.70. The number of hydrogen-bond donors (Lipinski definition) is 1. The number of methoxy groups -OCH3 is 2. The Hall–Kier alpha value is -2.45. The van der Waals surface area contributed by atoms with Crippen molar-refractivity contribution in [3.05, 3.63) is 47.0 Å². The normalized spacial score (nSPS) is 12.2. The van der Waals surface area contributed by atoms with E-state index in [4.69, 9.17) is 21.1 Å². The Morgan fingerprint density at radius 2 is 1.79 bits per heavy atom. The standard InChI is InChI=1S/C19H23ClN2O5S/c1-12-15(20)7-6-8-16(12)21-19(23)13(2)22(28(5,24)25)14-9-10-17(26-3)18(11-14)27-4/h6-11,13H,1-5H3,(H,21,23)/t13-/m0/s1. The molecule has 0 spiro atoms. The molecule has 0 aliphatic carbocycles. The van der Waals surface area contributed by atoms with Crippen molar-refractivity contribution in [3.63, 3.8) is 0 Å². The Morgan fingerprint density at radius 3 is 2.36 bits per heavy atom. The number of hydrogen-bond acceptors (Lipinski definition) is 5. The number of rotatable bonds is 7. The van der Waals surface area contributed by atoms with Crippen LogP contribution in [0.25, 0.3) is 0 Å². The first-order valence-corrected chi connectivity index (χ1v) is 10.6. The van der Waals surface area contributed by atoms with Crippen molar-refractivity contribution in [1.29, 1.82) is 0 Å². The summed E-state index contributed by atoms with van der Waals surface area (Å²) in [6.07, 6.45) is 1.04. The SMILES string of the molecule is COc1ccc(N([C@@H](C)C(=O)Nc2cccc(Cl)c2C)S(C)(=O)=O)cc1OC. The van der Waals surface area contributed by atoms with Crippen molar-refractivity contribution in [2.75, 3.05) is 30.1 Å². The van der Waals surface area contributed by atoms with Crippen molar-refractivity contribution in [2.45, 2.75) is 19.9 Å². The first kappa shape index (κ1) is 21.8. The summed E-state index contributed by atoms with van der Waals surface area (Å²) in [5.41, 5.74) is 1.50. The Bertz CT molecular complexity index is 978. The van der Waals surface area contributed by atoms with Gasteiger partial charge in [-0.05, 0) is 43.7 Å². The molecule has 0 aromatic heterocycles. The van der Waals surface area contributed by atoms with Gasteiger partial charge in [0.15, 0.2) is 11.5 Å². The monoisotopic (exact) mass is 426 g/mol. The van der Waals surface area contributed by atoms with E-state index in [9.17, 15) is 13.2 Å². The molecule has 0 fully saturated rings. The number of nitrogens with zero attached hydrogens (tertiary/aromatic N) is 1. The van der Waals surface area contributed by atoms with Crippen LogP contribution in [0.5, 0.6) is 11.5 Å². The highest BCUT2D eigenvalue weighted by molar-refractivity contribution is 7.92. The number of carbonyl (C=O) groups excluding carboxylic acids is 1. The van der Waals surface area contributed by atoms with Gasteiger partial charge >= 0.3 is 0 Å². The number of halogens is 1. The van der Waals surface area contributed by atoms with Gasteiger partial charge in [0.05, 0.1) is 26.2 Å². The number of carbonyl (C=O) groups is 1. The average Bonchev–Trinajstić information content (AvgIpc) is 2.64. The molecule has 0 aliphatic rings. The fourth-order valence-electron chi connectivity index (χ4n) is 2.75. The van der Waals surface area contributed by atoms with Gasteiger partial charge in [-0.2, -0.15) is 0 Å². The predicted molar refractivity (Wildman–Crippen MR) is 111 cm³/mol. The molecule has 0 unspecified atom stereocenters. The smallest absolute Gasteiger partial charge is 0.248 e. The van der Waals surface area contributed by atoms with Gasteiger partial charge < -0.3 is 14.8 Å². The van der Waals surface area contributed by atoms with Crippen molar-refractivity contribution in [3.8, 4) is 11.5 Å². The van der Waals surface area contributed by atoms with E-state index < -0.39 is 22.0 Å². The molecule has 28 heavy (non-hydrogen) atoms. The molecule has 0 heterocycles. The molecule has 7 nitrogen and oxygen atoms in total. The molecule has 1 atom stereocenters. The Kier molecular flexibility index (Phi) is 6.79. The number of sulfonamides is 1. The maximum atomic E-state index is 12.8. The highest BCUT2D eigenvalue weighted by atomic mass is 35.5. The molecule has 0 bridgehead atoms. The second-order valence-electron chi connectivity index (χ2n) is 6.18. The third-order valence-corrected chi connectivity index (χ3v) is 5.89. The zero-order valence-corrected chi connectivity index (χ0v) is 17.9. The minimum atomic E-state index is -3.77. The molecule has 0 radical (unpaired) electrons. The van der Waals surface area contributed by atoms with Gasteiger partial charge in [-0.15, -0.1) is 0 Å². The molecule has 2 rings (SSSR count). The molecule has 9 heteroatoms. The summed E-state index contributed by atoms with van der Waals surface area (Å²) in [6.45, 7) is 3.28. The molecule has 1 N–H and O–H groups in total. The summed E-state index contributed by atoms with van der Waals surface area (Å²) in [4.78, 5) is 12.8. The fourth-order valence-corrected chi connectivity index (χ4v) is 4.09. The fraction of sp³-hybridized carbons (Fsp3) is 0.316. The van der Waals surface area contributed by atoms with Crippen LogP contribution in [0.3, 0.4) is 0 Å².